The second-order valence-corrected chi connectivity index (χ2v) is 8.66. The molecule has 7 nitrogen and oxygen atoms in total. The molecule has 0 spiro atoms. The van der Waals surface area contributed by atoms with Gasteiger partial charge in [-0.25, -0.2) is 13.4 Å². The van der Waals surface area contributed by atoms with Crippen molar-refractivity contribution in [3.63, 3.8) is 0 Å². The molecule has 28 heavy (non-hydrogen) atoms. The SMILES string of the molecule is O=S(=O)(c1c(Cl)nc2ccccn12)N1CCC(n2ccc(C(F)(F)F)n2)CC1. The highest BCUT2D eigenvalue weighted by Crippen LogP contribution is 2.32. The number of imidazole rings is 1. The molecule has 0 atom stereocenters. The van der Waals surface area contributed by atoms with E-state index >= 15 is 0 Å². The van der Waals surface area contributed by atoms with Crippen molar-refractivity contribution in [2.45, 2.75) is 30.1 Å². The first-order valence-electron chi connectivity index (χ1n) is 8.43. The van der Waals surface area contributed by atoms with Gasteiger partial charge in [0.15, 0.2) is 15.9 Å². The number of aromatic nitrogens is 4. The predicted molar refractivity (Wildman–Crippen MR) is 94.5 cm³/mol. The highest BCUT2D eigenvalue weighted by molar-refractivity contribution is 7.89. The van der Waals surface area contributed by atoms with Crippen LogP contribution in [0.2, 0.25) is 5.15 Å². The minimum atomic E-state index is -4.50. The normalized spacial score (nSPS) is 17.4. The summed E-state index contributed by atoms with van der Waals surface area (Å²) in [7, 11) is -3.91. The number of halogens is 4. The molecule has 1 fully saturated rings. The zero-order valence-corrected chi connectivity index (χ0v) is 15.9. The molecule has 0 aromatic carbocycles. The molecule has 1 aliphatic heterocycles. The molecule has 0 N–H and O–H groups in total. The Labute approximate surface area is 163 Å². The minimum absolute atomic E-state index is 0.110. The summed E-state index contributed by atoms with van der Waals surface area (Å²) in [5.41, 5.74) is -0.544. The smallest absolute Gasteiger partial charge is 0.288 e. The Balaban J connectivity index is 1.54. The van der Waals surface area contributed by atoms with Gasteiger partial charge in [-0.05, 0) is 31.0 Å². The van der Waals surface area contributed by atoms with Gasteiger partial charge in [-0.15, -0.1) is 0 Å². The standard InChI is InChI=1S/C16H15ClF3N5O2S/c17-14-15(24-7-2-1-3-13(24)21-14)28(26,27)23-8-4-11(5-9-23)25-10-6-12(22-25)16(18,19)20/h1-3,6-7,10-11H,4-5,8-9H2. The van der Waals surface area contributed by atoms with Crippen LogP contribution in [-0.4, -0.2) is 45.0 Å². The van der Waals surface area contributed by atoms with E-state index in [2.05, 4.69) is 10.1 Å². The summed E-state index contributed by atoms with van der Waals surface area (Å²) >= 11 is 6.08. The van der Waals surface area contributed by atoms with E-state index in [-0.39, 0.29) is 29.3 Å². The monoisotopic (exact) mass is 433 g/mol. The number of pyridine rings is 1. The van der Waals surface area contributed by atoms with Crippen molar-refractivity contribution in [3.05, 3.63) is 47.5 Å². The predicted octanol–water partition coefficient (Wildman–Crippen LogP) is 3.23. The molecule has 12 heteroatoms. The fourth-order valence-corrected chi connectivity index (χ4v) is 5.41. The fourth-order valence-electron chi connectivity index (χ4n) is 3.34. The van der Waals surface area contributed by atoms with E-state index in [9.17, 15) is 21.6 Å². The third-order valence-corrected chi connectivity index (χ3v) is 7.03. The highest BCUT2D eigenvalue weighted by Gasteiger charge is 2.36. The van der Waals surface area contributed by atoms with Gasteiger partial charge in [0.2, 0.25) is 0 Å². The van der Waals surface area contributed by atoms with Crippen molar-refractivity contribution in [3.8, 4) is 0 Å². The summed E-state index contributed by atoms with van der Waals surface area (Å²) in [5, 5.41) is 3.36. The molecule has 0 saturated carbocycles. The van der Waals surface area contributed by atoms with Gasteiger partial charge in [-0.1, -0.05) is 17.7 Å². The number of rotatable bonds is 3. The van der Waals surface area contributed by atoms with Crippen LogP contribution in [0, 0.1) is 0 Å². The van der Waals surface area contributed by atoms with E-state index in [4.69, 9.17) is 11.6 Å². The zero-order chi connectivity index (χ0) is 20.1. The lowest BCUT2D eigenvalue weighted by atomic mass is 10.1. The molecule has 0 amide bonds. The van der Waals surface area contributed by atoms with Gasteiger partial charge < -0.3 is 0 Å². The van der Waals surface area contributed by atoms with E-state index in [0.29, 0.717) is 18.5 Å². The van der Waals surface area contributed by atoms with E-state index in [1.165, 1.54) is 19.6 Å². The van der Waals surface area contributed by atoms with Crippen LogP contribution in [0.15, 0.2) is 41.7 Å². The molecule has 0 unspecified atom stereocenters. The maximum Gasteiger partial charge on any atom is 0.435 e. The number of piperidine rings is 1. The van der Waals surface area contributed by atoms with Crippen LogP contribution >= 0.6 is 11.6 Å². The fraction of sp³-hybridized carbons (Fsp3) is 0.375. The lowest BCUT2D eigenvalue weighted by Gasteiger charge is -2.31. The van der Waals surface area contributed by atoms with Gasteiger partial charge in [-0.3, -0.25) is 9.08 Å². The summed E-state index contributed by atoms with van der Waals surface area (Å²) in [4.78, 5) is 4.06. The van der Waals surface area contributed by atoms with Crippen LogP contribution in [0.25, 0.3) is 5.65 Å². The Hall–Kier alpha value is -2.11. The Morgan fingerprint density at radius 1 is 1.11 bits per heavy atom. The van der Waals surface area contributed by atoms with Gasteiger partial charge in [0.1, 0.15) is 5.65 Å². The second-order valence-electron chi connectivity index (χ2n) is 6.45. The van der Waals surface area contributed by atoms with Gasteiger partial charge in [0, 0.05) is 25.5 Å². The molecular weight excluding hydrogens is 419 g/mol. The van der Waals surface area contributed by atoms with Crippen LogP contribution in [0.1, 0.15) is 24.6 Å². The molecule has 4 rings (SSSR count). The molecule has 4 heterocycles. The number of hydrogen-bond acceptors (Lipinski definition) is 4. The summed E-state index contributed by atoms with van der Waals surface area (Å²) in [5.74, 6) is 0. The topological polar surface area (TPSA) is 72.5 Å². The lowest BCUT2D eigenvalue weighted by molar-refractivity contribution is -0.141. The average molecular weight is 434 g/mol. The molecule has 0 radical (unpaired) electrons. The molecule has 3 aromatic heterocycles. The highest BCUT2D eigenvalue weighted by atomic mass is 35.5. The third kappa shape index (κ3) is 3.27. The lowest BCUT2D eigenvalue weighted by Crippen LogP contribution is -2.39. The maximum atomic E-state index is 13.1. The number of alkyl halides is 3. The summed E-state index contributed by atoms with van der Waals surface area (Å²) < 4.78 is 68.3. The summed E-state index contributed by atoms with van der Waals surface area (Å²) in [6.07, 6.45) is -0.983. The first-order chi connectivity index (χ1) is 13.2. The first kappa shape index (κ1) is 19.2. The largest absolute Gasteiger partial charge is 0.435 e. The van der Waals surface area contributed by atoms with Crippen molar-refractivity contribution >= 4 is 27.3 Å². The molecule has 3 aromatic rings. The van der Waals surface area contributed by atoms with Crippen molar-refractivity contribution in [1.82, 2.24) is 23.5 Å². The molecular formula is C16H15ClF3N5O2S. The quantitative estimate of drug-likeness (QED) is 0.635. The number of hydrogen-bond donors (Lipinski definition) is 0. The van der Waals surface area contributed by atoms with Gasteiger partial charge in [0.05, 0.1) is 6.04 Å². The number of nitrogens with zero attached hydrogens (tertiary/aromatic N) is 5. The summed E-state index contributed by atoms with van der Waals surface area (Å²) in [6.45, 7) is 0.287. The zero-order valence-electron chi connectivity index (χ0n) is 14.3. The molecule has 1 aliphatic rings. The van der Waals surface area contributed by atoms with E-state index in [0.717, 1.165) is 6.07 Å². The average Bonchev–Trinajstić information content (AvgIpc) is 3.25. The van der Waals surface area contributed by atoms with Crippen molar-refractivity contribution in [1.29, 1.82) is 0 Å². The van der Waals surface area contributed by atoms with Gasteiger partial charge in [0.25, 0.3) is 10.0 Å². The van der Waals surface area contributed by atoms with Gasteiger partial charge in [-0.2, -0.15) is 22.6 Å². The maximum absolute atomic E-state index is 13.1. The van der Waals surface area contributed by atoms with Crippen LogP contribution in [0.3, 0.4) is 0 Å². The molecule has 1 saturated heterocycles. The van der Waals surface area contributed by atoms with Crippen LogP contribution in [0.5, 0.6) is 0 Å². The van der Waals surface area contributed by atoms with Crippen LogP contribution < -0.4 is 0 Å². The van der Waals surface area contributed by atoms with Gasteiger partial charge >= 0.3 is 6.18 Å². The van der Waals surface area contributed by atoms with E-state index in [1.807, 2.05) is 0 Å². The number of sulfonamides is 1. The Morgan fingerprint density at radius 2 is 1.82 bits per heavy atom. The van der Waals surface area contributed by atoms with Crippen molar-refractivity contribution in [2.75, 3.05) is 13.1 Å². The van der Waals surface area contributed by atoms with E-state index < -0.39 is 21.9 Å². The molecule has 0 aliphatic carbocycles. The molecule has 0 bridgehead atoms. The third-order valence-electron chi connectivity index (χ3n) is 4.73. The van der Waals surface area contributed by atoms with Crippen LogP contribution in [-0.2, 0) is 16.2 Å². The summed E-state index contributed by atoms with van der Waals surface area (Å²) in [6, 6.07) is 5.65. The molecule has 150 valence electrons. The van der Waals surface area contributed by atoms with Crippen LogP contribution in [0.4, 0.5) is 13.2 Å². The van der Waals surface area contributed by atoms with E-state index in [1.54, 1.807) is 24.4 Å². The Kier molecular flexibility index (Phi) is 4.63. The minimum Gasteiger partial charge on any atom is -0.288 e. The first-order valence-corrected chi connectivity index (χ1v) is 10.2. The Morgan fingerprint density at radius 3 is 2.46 bits per heavy atom. The Bertz CT molecular complexity index is 1120. The van der Waals surface area contributed by atoms with Crippen molar-refractivity contribution in [2.24, 2.45) is 0 Å². The number of fused-ring (bicyclic) bond motifs is 1. The second kappa shape index (κ2) is 6.75. The van der Waals surface area contributed by atoms with Crippen molar-refractivity contribution < 1.29 is 21.6 Å².